The van der Waals surface area contributed by atoms with Crippen molar-refractivity contribution in [3.8, 4) is 5.75 Å². The van der Waals surface area contributed by atoms with Crippen LogP contribution < -0.4 is 10.5 Å². The highest BCUT2D eigenvalue weighted by Gasteiger charge is 2.04. The summed E-state index contributed by atoms with van der Waals surface area (Å²) < 4.78 is 10.3. The van der Waals surface area contributed by atoms with Crippen LogP contribution in [0.1, 0.15) is 11.6 Å². The van der Waals surface area contributed by atoms with E-state index in [0.29, 0.717) is 13.2 Å². The lowest BCUT2D eigenvalue weighted by Gasteiger charge is -2.11. The number of hydrogen-bond acceptors (Lipinski definition) is 4. The van der Waals surface area contributed by atoms with E-state index < -0.39 is 0 Å². The Bertz CT molecular complexity index is 291. The van der Waals surface area contributed by atoms with E-state index in [1.807, 2.05) is 24.3 Å². The van der Waals surface area contributed by atoms with Crippen molar-refractivity contribution in [2.45, 2.75) is 6.04 Å². The number of rotatable bonds is 6. The average molecular weight is 211 g/mol. The van der Waals surface area contributed by atoms with E-state index in [9.17, 15) is 0 Å². The zero-order valence-electron chi connectivity index (χ0n) is 8.85. The van der Waals surface area contributed by atoms with Gasteiger partial charge in [-0.15, -0.1) is 0 Å². The Morgan fingerprint density at radius 1 is 1.40 bits per heavy atom. The molecule has 3 N–H and O–H groups in total. The first kappa shape index (κ1) is 12.0. The third kappa shape index (κ3) is 3.87. The van der Waals surface area contributed by atoms with Gasteiger partial charge in [-0.2, -0.15) is 0 Å². The number of nitrogens with two attached hydrogens (primary N) is 1. The molecule has 0 aromatic heterocycles. The SMILES string of the molecule is COCCOc1cccc([C@@H](N)CO)c1. The minimum absolute atomic E-state index is 0.0679. The zero-order chi connectivity index (χ0) is 11.1. The van der Waals surface area contributed by atoms with Crippen LogP contribution in [0.15, 0.2) is 24.3 Å². The molecule has 0 fully saturated rings. The van der Waals surface area contributed by atoms with Gasteiger partial charge in [0.15, 0.2) is 0 Å². The molecule has 1 rings (SSSR count). The van der Waals surface area contributed by atoms with Gasteiger partial charge in [-0.05, 0) is 17.7 Å². The quantitative estimate of drug-likeness (QED) is 0.680. The van der Waals surface area contributed by atoms with Gasteiger partial charge in [0.25, 0.3) is 0 Å². The largest absolute Gasteiger partial charge is 0.491 e. The standard InChI is InChI=1S/C11H17NO3/c1-14-5-6-15-10-4-2-3-9(7-10)11(12)8-13/h2-4,7,11,13H,5-6,8,12H2,1H3/t11-/m0/s1. The molecule has 0 radical (unpaired) electrons. The second-order valence-corrected chi connectivity index (χ2v) is 3.20. The first-order chi connectivity index (χ1) is 7.27. The average Bonchev–Trinajstić information content (AvgIpc) is 2.29. The predicted octanol–water partition coefficient (Wildman–Crippen LogP) is 0.704. The molecule has 84 valence electrons. The van der Waals surface area contributed by atoms with Crippen LogP contribution >= 0.6 is 0 Å². The maximum absolute atomic E-state index is 8.91. The predicted molar refractivity (Wildman–Crippen MR) is 57.8 cm³/mol. The van der Waals surface area contributed by atoms with E-state index in [0.717, 1.165) is 11.3 Å². The topological polar surface area (TPSA) is 64.7 Å². The summed E-state index contributed by atoms with van der Waals surface area (Å²) >= 11 is 0. The van der Waals surface area contributed by atoms with Crippen molar-refractivity contribution in [2.75, 3.05) is 26.9 Å². The van der Waals surface area contributed by atoms with E-state index in [1.54, 1.807) is 7.11 Å². The van der Waals surface area contributed by atoms with Gasteiger partial charge in [-0.25, -0.2) is 0 Å². The molecule has 0 aliphatic heterocycles. The van der Waals surface area contributed by atoms with Crippen LogP contribution in [0.2, 0.25) is 0 Å². The van der Waals surface area contributed by atoms with Gasteiger partial charge in [-0.1, -0.05) is 12.1 Å². The second kappa shape index (κ2) is 6.40. The summed E-state index contributed by atoms with van der Waals surface area (Å²) in [5.41, 5.74) is 6.56. The minimum atomic E-state index is -0.351. The molecule has 4 heteroatoms. The molecule has 0 aliphatic carbocycles. The van der Waals surface area contributed by atoms with Crippen LogP contribution in [0.4, 0.5) is 0 Å². The molecule has 1 aromatic carbocycles. The Hall–Kier alpha value is -1.10. The summed E-state index contributed by atoms with van der Waals surface area (Å²) in [6, 6.07) is 7.05. The van der Waals surface area contributed by atoms with Gasteiger partial charge in [0.2, 0.25) is 0 Å². The lowest BCUT2D eigenvalue weighted by molar-refractivity contribution is 0.146. The molecule has 1 aromatic rings. The van der Waals surface area contributed by atoms with Crippen LogP contribution in [-0.4, -0.2) is 32.0 Å². The summed E-state index contributed by atoms with van der Waals surface area (Å²) in [5, 5.41) is 8.91. The number of aliphatic hydroxyl groups is 1. The highest BCUT2D eigenvalue weighted by Crippen LogP contribution is 2.17. The molecular formula is C11H17NO3. The van der Waals surface area contributed by atoms with Crippen LogP contribution in [0.25, 0.3) is 0 Å². The van der Waals surface area contributed by atoms with Crippen molar-refractivity contribution in [3.05, 3.63) is 29.8 Å². The minimum Gasteiger partial charge on any atom is -0.491 e. The maximum Gasteiger partial charge on any atom is 0.119 e. The molecule has 0 saturated carbocycles. The van der Waals surface area contributed by atoms with Crippen molar-refractivity contribution < 1.29 is 14.6 Å². The molecule has 4 nitrogen and oxygen atoms in total. The Balaban J connectivity index is 2.57. The number of aliphatic hydroxyl groups excluding tert-OH is 1. The molecule has 0 unspecified atom stereocenters. The monoisotopic (exact) mass is 211 g/mol. The maximum atomic E-state index is 8.91. The fourth-order valence-corrected chi connectivity index (χ4v) is 1.18. The summed E-state index contributed by atoms with van der Waals surface area (Å²) in [6.45, 7) is 0.992. The number of benzene rings is 1. The van der Waals surface area contributed by atoms with E-state index in [4.69, 9.17) is 20.3 Å². The van der Waals surface area contributed by atoms with Crippen molar-refractivity contribution in [1.29, 1.82) is 0 Å². The van der Waals surface area contributed by atoms with Gasteiger partial charge >= 0.3 is 0 Å². The van der Waals surface area contributed by atoms with E-state index in [2.05, 4.69) is 0 Å². The van der Waals surface area contributed by atoms with E-state index in [-0.39, 0.29) is 12.6 Å². The molecule has 1 atom stereocenters. The van der Waals surface area contributed by atoms with Crippen molar-refractivity contribution >= 4 is 0 Å². The summed E-state index contributed by atoms with van der Waals surface area (Å²) in [5.74, 6) is 0.744. The number of hydrogen-bond donors (Lipinski definition) is 2. The van der Waals surface area contributed by atoms with E-state index in [1.165, 1.54) is 0 Å². The smallest absolute Gasteiger partial charge is 0.119 e. The fraction of sp³-hybridized carbons (Fsp3) is 0.455. The van der Waals surface area contributed by atoms with Gasteiger partial charge in [-0.3, -0.25) is 0 Å². The van der Waals surface area contributed by atoms with E-state index >= 15 is 0 Å². The Morgan fingerprint density at radius 3 is 2.87 bits per heavy atom. The molecular weight excluding hydrogens is 194 g/mol. The molecule has 15 heavy (non-hydrogen) atoms. The van der Waals surface area contributed by atoms with Crippen LogP contribution in [0.3, 0.4) is 0 Å². The van der Waals surface area contributed by atoms with Gasteiger partial charge in [0, 0.05) is 7.11 Å². The number of methoxy groups -OCH3 is 1. The number of ether oxygens (including phenoxy) is 2. The molecule has 0 aliphatic rings. The van der Waals surface area contributed by atoms with Crippen molar-refractivity contribution in [3.63, 3.8) is 0 Å². The van der Waals surface area contributed by atoms with Crippen LogP contribution in [-0.2, 0) is 4.74 Å². The molecule has 0 amide bonds. The lowest BCUT2D eigenvalue weighted by atomic mass is 10.1. The van der Waals surface area contributed by atoms with Crippen molar-refractivity contribution in [1.82, 2.24) is 0 Å². The third-order valence-electron chi connectivity index (χ3n) is 2.04. The lowest BCUT2D eigenvalue weighted by Crippen LogP contribution is -2.14. The van der Waals surface area contributed by atoms with Crippen LogP contribution in [0, 0.1) is 0 Å². The Kier molecular flexibility index (Phi) is 5.10. The molecule has 0 bridgehead atoms. The zero-order valence-corrected chi connectivity index (χ0v) is 8.85. The van der Waals surface area contributed by atoms with Crippen LogP contribution in [0.5, 0.6) is 5.75 Å². The first-order valence-electron chi connectivity index (χ1n) is 4.86. The molecule has 0 saturated heterocycles. The highest BCUT2D eigenvalue weighted by atomic mass is 16.5. The fourth-order valence-electron chi connectivity index (χ4n) is 1.18. The highest BCUT2D eigenvalue weighted by molar-refractivity contribution is 5.30. The molecule has 0 spiro atoms. The van der Waals surface area contributed by atoms with Crippen molar-refractivity contribution in [2.24, 2.45) is 5.73 Å². The summed E-state index contributed by atoms with van der Waals surface area (Å²) in [7, 11) is 1.63. The second-order valence-electron chi connectivity index (χ2n) is 3.20. The third-order valence-corrected chi connectivity index (χ3v) is 2.04. The summed E-state index contributed by atoms with van der Waals surface area (Å²) in [6.07, 6.45) is 0. The van der Waals surface area contributed by atoms with Gasteiger partial charge < -0.3 is 20.3 Å². The Labute approximate surface area is 89.6 Å². The molecule has 0 heterocycles. The normalized spacial score (nSPS) is 12.5. The first-order valence-corrected chi connectivity index (χ1v) is 4.86. The Morgan fingerprint density at radius 2 is 2.20 bits per heavy atom. The van der Waals surface area contributed by atoms with Gasteiger partial charge in [0.1, 0.15) is 12.4 Å². The van der Waals surface area contributed by atoms with Gasteiger partial charge in [0.05, 0.1) is 19.3 Å². The summed E-state index contributed by atoms with van der Waals surface area (Å²) in [4.78, 5) is 0.